The topological polar surface area (TPSA) is 185 Å². The number of ether oxygens (including phenoxy) is 2. The number of carbonyl (C=O) groups is 3. The van der Waals surface area contributed by atoms with Crippen molar-refractivity contribution in [3.05, 3.63) is 94.3 Å². The fourth-order valence-electron chi connectivity index (χ4n) is 2.96. The lowest BCUT2D eigenvalue weighted by molar-refractivity contribution is -0.156. The molecule has 0 aliphatic rings. The first-order valence-corrected chi connectivity index (χ1v) is 14.5. The van der Waals surface area contributed by atoms with Crippen LogP contribution in [-0.2, 0) is 36.9 Å². The van der Waals surface area contributed by atoms with Crippen LogP contribution in [-0.4, -0.2) is 65.3 Å². The number of pyridine rings is 2. The minimum atomic E-state index is -0.562. The molecule has 4 aromatic rings. The second kappa shape index (κ2) is 19.5. The summed E-state index contributed by atoms with van der Waals surface area (Å²) >= 11 is 2.42. The van der Waals surface area contributed by atoms with Gasteiger partial charge in [0.05, 0.1) is 13.2 Å². The van der Waals surface area contributed by atoms with E-state index in [-0.39, 0.29) is 36.8 Å². The molecular weight excluding hydrogens is 612 g/mol. The summed E-state index contributed by atoms with van der Waals surface area (Å²) in [4.78, 5) is 70.7. The van der Waals surface area contributed by atoms with Gasteiger partial charge < -0.3 is 23.7 Å². The van der Waals surface area contributed by atoms with Crippen molar-refractivity contribution in [1.82, 2.24) is 29.1 Å². The molecule has 0 radical (unpaired) electrons. The molecule has 1 N–H and O–H groups in total. The number of hydrogen-bond acceptors (Lipinski definition) is 14. The molecule has 16 heteroatoms. The summed E-state index contributed by atoms with van der Waals surface area (Å²) in [5, 5.41) is 11.0. The maximum atomic E-state index is 12.2. The van der Waals surface area contributed by atoms with Gasteiger partial charge in [0.1, 0.15) is 16.7 Å². The number of esters is 3. The van der Waals surface area contributed by atoms with Crippen molar-refractivity contribution in [2.45, 2.75) is 54.0 Å². The van der Waals surface area contributed by atoms with Gasteiger partial charge in [-0.3, -0.25) is 24.0 Å². The Morgan fingerprint density at radius 3 is 1.55 bits per heavy atom. The first kappa shape index (κ1) is 35.5. The summed E-state index contributed by atoms with van der Waals surface area (Å²) in [5.41, 5.74) is -0.437. The summed E-state index contributed by atoms with van der Waals surface area (Å²) in [6.07, 6.45) is 9.53. The van der Waals surface area contributed by atoms with Crippen LogP contribution >= 0.6 is 23.5 Å². The smallest absolute Gasteiger partial charge is 0.310 e. The van der Waals surface area contributed by atoms with Crippen molar-refractivity contribution < 1.29 is 29.0 Å². The molecule has 0 fully saturated rings. The molecule has 0 bridgehead atoms. The number of aliphatic hydroxyl groups is 1. The maximum absolute atomic E-state index is 12.2. The van der Waals surface area contributed by atoms with Crippen molar-refractivity contribution in [3.63, 3.8) is 0 Å². The summed E-state index contributed by atoms with van der Waals surface area (Å²) in [6.45, 7) is 4.36. The van der Waals surface area contributed by atoms with E-state index in [4.69, 9.17) is 9.84 Å². The second-order valence-electron chi connectivity index (χ2n) is 8.15. The number of carbonyl (C=O) groups excluding carboxylic acids is 3. The number of hydrogen-bond donors (Lipinski definition) is 1. The lowest BCUT2D eigenvalue weighted by Gasteiger charge is -2.07. The van der Waals surface area contributed by atoms with Gasteiger partial charge in [-0.05, 0) is 47.8 Å². The molecule has 0 unspecified atom stereocenters. The van der Waals surface area contributed by atoms with Gasteiger partial charge in [-0.25, -0.2) is 19.9 Å². The summed E-state index contributed by atoms with van der Waals surface area (Å²) in [7, 11) is 0. The van der Waals surface area contributed by atoms with E-state index in [2.05, 4.69) is 24.7 Å². The Morgan fingerprint density at radius 1 is 0.705 bits per heavy atom. The van der Waals surface area contributed by atoms with Crippen LogP contribution in [0.1, 0.15) is 20.8 Å². The van der Waals surface area contributed by atoms with Crippen LogP contribution in [0.5, 0.6) is 0 Å². The normalized spacial score (nSPS) is 9.91. The highest BCUT2D eigenvalue weighted by Crippen LogP contribution is 2.20. The first-order valence-electron chi connectivity index (χ1n) is 12.8. The predicted octanol–water partition coefficient (Wildman–Crippen LogP) is 2.23. The molecule has 0 spiro atoms. The van der Waals surface area contributed by atoms with Crippen LogP contribution in [0.4, 0.5) is 0 Å². The van der Waals surface area contributed by atoms with Gasteiger partial charge in [0, 0.05) is 64.5 Å². The van der Waals surface area contributed by atoms with E-state index in [1.54, 1.807) is 43.2 Å². The zero-order valence-corrected chi connectivity index (χ0v) is 25.7. The van der Waals surface area contributed by atoms with Crippen molar-refractivity contribution in [1.29, 1.82) is 0 Å². The Morgan fingerprint density at radius 2 is 1.18 bits per heavy atom. The van der Waals surface area contributed by atoms with Gasteiger partial charge in [-0.2, -0.15) is 0 Å². The highest BCUT2D eigenvalue weighted by Gasteiger charge is 2.08. The molecule has 0 saturated heterocycles. The van der Waals surface area contributed by atoms with E-state index in [0.717, 1.165) is 5.03 Å². The average Bonchev–Trinajstić information content (AvgIpc) is 2.98. The fourth-order valence-corrected chi connectivity index (χ4v) is 4.51. The number of rotatable bonds is 9. The third-order valence-corrected chi connectivity index (χ3v) is 6.56. The molecule has 0 amide bonds. The highest BCUT2D eigenvalue weighted by atomic mass is 32.2. The highest BCUT2D eigenvalue weighted by molar-refractivity contribution is 7.99. The Hall–Kier alpha value is -4.67. The fraction of sp³-hybridized carbons (Fsp3) is 0.250. The summed E-state index contributed by atoms with van der Waals surface area (Å²) < 4.78 is 11.7. The van der Waals surface area contributed by atoms with E-state index in [9.17, 15) is 24.0 Å². The first-order chi connectivity index (χ1) is 21.1. The lowest BCUT2D eigenvalue weighted by Crippen LogP contribution is -2.24. The van der Waals surface area contributed by atoms with Crippen LogP contribution in [0.3, 0.4) is 0 Å². The van der Waals surface area contributed by atoms with Crippen molar-refractivity contribution >= 4 is 41.4 Å². The third-order valence-electron chi connectivity index (χ3n) is 4.71. The number of aromatic nitrogens is 6. The quantitative estimate of drug-likeness (QED) is 0.207. The maximum Gasteiger partial charge on any atom is 0.310 e. The standard InChI is InChI=1S/C13H13N3O3S.C11H11N3O2S.C4H6O3/c1-10(17)19-9-8-16-7-6-15-12(13(16)18)20-11-4-2-3-5-14-11;15-8-7-14-6-5-13-10(11(14)16)17-9-3-1-2-4-12-9;1-3(5)7-4(2)6/h2-7H,8-9H2,1H3;1-6,15H,7-8H2;1-2H3. The molecule has 14 nitrogen and oxygen atoms in total. The van der Waals surface area contributed by atoms with Crippen molar-refractivity contribution in [2.24, 2.45) is 0 Å². The SMILES string of the molecule is CC(=O)OC(C)=O.CC(=O)OCCn1ccnc(Sc2ccccn2)c1=O.O=c1c(Sc2ccccn2)nccn1CCO. The Balaban J connectivity index is 0.000000256. The molecule has 0 aliphatic heterocycles. The van der Waals surface area contributed by atoms with Crippen LogP contribution in [0.15, 0.2) is 103 Å². The Kier molecular flexibility index (Phi) is 15.7. The van der Waals surface area contributed by atoms with Crippen LogP contribution in [0.25, 0.3) is 0 Å². The van der Waals surface area contributed by atoms with Gasteiger partial charge in [0.2, 0.25) is 0 Å². The molecule has 232 valence electrons. The minimum Gasteiger partial charge on any atom is -0.464 e. The zero-order valence-electron chi connectivity index (χ0n) is 24.1. The molecule has 0 atom stereocenters. The van der Waals surface area contributed by atoms with Crippen molar-refractivity contribution in [2.75, 3.05) is 13.2 Å². The molecule has 0 saturated carbocycles. The van der Waals surface area contributed by atoms with E-state index < -0.39 is 11.9 Å². The zero-order chi connectivity index (χ0) is 32.3. The lowest BCUT2D eigenvalue weighted by atomic mass is 10.5. The Bertz CT molecular complexity index is 1610. The molecular formula is C28H30N6O8S2. The summed E-state index contributed by atoms with van der Waals surface area (Å²) in [6, 6.07) is 10.9. The van der Waals surface area contributed by atoms with Crippen LogP contribution in [0.2, 0.25) is 0 Å². The number of aliphatic hydroxyl groups excluding tert-OH is 1. The summed E-state index contributed by atoms with van der Waals surface area (Å²) in [5.74, 6) is -1.49. The number of nitrogens with zero attached hydrogens (tertiary/aromatic N) is 6. The van der Waals surface area contributed by atoms with Crippen LogP contribution < -0.4 is 11.1 Å². The monoisotopic (exact) mass is 642 g/mol. The second-order valence-corrected chi connectivity index (χ2v) is 10.2. The van der Waals surface area contributed by atoms with E-state index in [1.165, 1.54) is 53.4 Å². The van der Waals surface area contributed by atoms with Gasteiger partial charge >= 0.3 is 17.9 Å². The molecule has 4 heterocycles. The third kappa shape index (κ3) is 13.5. The predicted molar refractivity (Wildman–Crippen MR) is 160 cm³/mol. The molecule has 44 heavy (non-hydrogen) atoms. The van der Waals surface area contributed by atoms with Gasteiger partial charge in [0.25, 0.3) is 11.1 Å². The molecule has 4 rings (SSSR count). The van der Waals surface area contributed by atoms with Crippen LogP contribution in [0, 0.1) is 0 Å². The Labute approximate surface area is 260 Å². The van der Waals surface area contributed by atoms with Gasteiger partial charge in [0.15, 0.2) is 10.1 Å². The van der Waals surface area contributed by atoms with E-state index in [1.807, 2.05) is 30.3 Å². The molecule has 4 aromatic heterocycles. The van der Waals surface area contributed by atoms with E-state index in [0.29, 0.717) is 21.6 Å². The molecule has 0 aliphatic carbocycles. The van der Waals surface area contributed by atoms with Crippen molar-refractivity contribution in [3.8, 4) is 0 Å². The van der Waals surface area contributed by atoms with E-state index >= 15 is 0 Å². The average molecular weight is 643 g/mol. The van der Waals surface area contributed by atoms with Gasteiger partial charge in [-0.15, -0.1) is 0 Å². The minimum absolute atomic E-state index is 0.0718. The molecule has 0 aromatic carbocycles. The largest absolute Gasteiger partial charge is 0.464 e. The van der Waals surface area contributed by atoms with Gasteiger partial charge in [-0.1, -0.05) is 12.1 Å².